The van der Waals surface area contributed by atoms with E-state index in [0.717, 1.165) is 35.5 Å². The van der Waals surface area contributed by atoms with E-state index in [1.807, 2.05) is 37.9 Å². The van der Waals surface area contributed by atoms with Gasteiger partial charge in [0.25, 0.3) is 0 Å². The van der Waals surface area contributed by atoms with E-state index in [1.165, 1.54) is 0 Å². The summed E-state index contributed by atoms with van der Waals surface area (Å²) < 4.78 is 5.27. The third-order valence-corrected chi connectivity index (χ3v) is 2.94. The van der Waals surface area contributed by atoms with Crippen molar-refractivity contribution < 1.29 is 9.21 Å². The predicted octanol–water partition coefficient (Wildman–Crippen LogP) is 2.74. The second-order valence-corrected chi connectivity index (χ2v) is 4.39. The van der Waals surface area contributed by atoms with E-state index in [-0.39, 0.29) is 0 Å². The number of carbonyl (C=O) groups is 1. The molecule has 0 aliphatic carbocycles. The minimum Gasteiger partial charge on any atom is -0.469 e. The average Bonchev–Trinajstić information content (AvgIpc) is 2.74. The van der Waals surface area contributed by atoms with E-state index < -0.39 is 0 Å². The normalized spacial score (nSPS) is 10.4. The molecule has 0 amide bonds. The molecule has 0 saturated carbocycles. The Hall–Kier alpha value is -2.10. The van der Waals surface area contributed by atoms with Gasteiger partial charge in [-0.15, -0.1) is 0 Å². The van der Waals surface area contributed by atoms with Gasteiger partial charge in [-0.3, -0.25) is 4.79 Å². The Morgan fingerprint density at radius 2 is 2.22 bits per heavy atom. The molecule has 0 atom stereocenters. The highest BCUT2D eigenvalue weighted by atomic mass is 16.3. The molecule has 0 aromatic carbocycles. The number of hydrogen-bond acceptors (Lipinski definition) is 4. The molecule has 0 fully saturated rings. The van der Waals surface area contributed by atoms with Crippen molar-refractivity contribution >= 4 is 12.1 Å². The number of anilines is 1. The van der Waals surface area contributed by atoms with Gasteiger partial charge in [-0.2, -0.15) is 0 Å². The quantitative estimate of drug-likeness (QED) is 0.776. The van der Waals surface area contributed by atoms with E-state index in [0.29, 0.717) is 5.56 Å². The van der Waals surface area contributed by atoms with Crippen molar-refractivity contribution in [1.29, 1.82) is 0 Å². The van der Waals surface area contributed by atoms with Crippen molar-refractivity contribution in [3.8, 4) is 0 Å². The lowest BCUT2D eigenvalue weighted by Gasteiger charge is -2.19. The first-order valence-corrected chi connectivity index (χ1v) is 5.77. The van der Waals surface area contributed by atoms with Crippen LogP contribution < -0.4 is 4.90 Å². The molecule has 0 radical (unpaired) electrons. The lowest BCUT2D eigenvalue weighted by atomic mass is 10.2. The molecule has 0 aliphatic heterocycles. The highest BCUT2D eigenvalue weighted by Gasteiger charge is 2.10. The van der Waals surface area contributed by atoms with Crippen molar-refractivity contribution in [3.63, 3.8) is 0 Å². The van der Waals surface area contributed by atoms with Crippen molar-refractivity contribution in [2.75, 3.05) is 11.9 Å². The molecule has 0 saturated heterocycles. The molecule has 94 valence electrons. The third kappa shape index (κ3) is 2.42. The summed E-state index contributed by atoms with van der Waals surface area (Å²) in [6.07, 6.45) is 4.09. The fraction of sp³-hybridized carbons (Fsp3) is 0.286. The number of rotatable bonds is 4. The Kier molecular flexibility index (Phi) is 3.46. The number of carbonyl (C=O) groups excluding carboxylic acids is 1. The Morgan fingerprint density at radius 3 is 2.78 bits per heavy atom. The molecular weight excluding hydrogens is 228 g/mol. The zero-order chi connectivity index (χ0) is 13.1. The predicted molar refractivity (Wildman–Crippen MR) is 69.9 cm³/mol. The van der Waals surface area contributed by atoms with E-state index in [2.05, 4.69) is 4.98 Å². The van der Waals surface area contributed by atoms with E-state index in [9.17, 15) is 4.79 Å². The second-order valence-electron chi connectivity index (χ2n) is 4.39. The Morgan fingerprint density at radius 1 is 1.44 bits per heavy atom. The molecule has 0 aliphatic rings. The molecule has 2 aromatic rings. The molecule has 0 unspecified atom stereocenters. The van der Waals surface area contributed by atoms with Gasteiger partial charge >= 0.3 is 0 Å². The molecular formula is C14H16N2O2. The van der Waals surface area contributed by atoms with Crippen LogP contribution in [0.4, 0.5) is 5.82 Å². The minimum absolute atomic E-state index is 0.601. The summed E-state index contributed by atoms with van der Waals surface area (Å²) in [6, 6.07) is 3.80. The van der Waals surface area contributed by atoms with E-state index >= 15 is 0 Å². The van der Waals surface area contributed by atoms with Crippen LogP contribution in [0, 0.1) is 13.8 Å². The molecule has 0 bridgehead atoms. The van der Waals surface area contributed by atoms with Gasteiger partial charge in [-0.25, -0.2) is 4.98 Å². The number of aromatic nitrogens is 1. The molecule has 2 aromatic heterocycles. The molecule has 2 rings (SSSR count). The standard InChI is InChI=1S/C14H16N2O2/c1-10-6-12(9-17)7-15-14(10)16(3)8-13-4-5-18-11(13)2/h4-7,9H,8H2,1-3H3. The Labute approximate surface area is 106 Å². The van der Waals surface area contributed by atoms with Gasteiger partial charge in [0.05, 0.1) is 6.26 Å². The average molecular weight is 244 g/mol. The summed E-state index contributed by atoms with van der Waals surface area (Å²) >= 11 is 0. The lowest BCUT2D eigenvalue weighted by molar-refractivity contribution is 0.112. The summed E-state index contributed by atoms with van der Waals surface area (Å²) in [5.41, 5.74) is 2.73. The Balaban J connectivity index is 2.21. The van der Waals surface area contributed by atoms with Crippen LogP contribution in [0.2, 0.25) is 0 Å². The maximum Gasteiger partial charge on any atom is 0.151 e. The van der Waals surface area contributed by atoms with Crippen molar-refractivity contribution in [1.82, 2.24) is 4.98 Å². The summed E-state index contributed by atoms with van der Waals surface area (Å²) in [7, 11) is 1.97. The number of nitrogens with zero attached hydrogens (tertiary/aromatic N) is 2. The summed E-state index contributed by atoms with van der Waals surface area (Å²) in [5.74, 6) is 1.80. The first kappa shape index (κ1) is 12.4. The van der Waals surface area contributed by atoms with Gasteiger partial charge in [-0.1, -0.05) is 0 Å². The molecule has 0 N–H and O–H groups in total. The molecule has 4 nitrogen and oxygen atoms in total. The number of pyridine rings is 1. The first-order valence-electron chi connectivity index (χ1n) is 5.77. The van der Waals surface area contributed by atoms with Crippen LogP contribution in [0.25, 0.3) is 0 Å². The summed E-state index contributed by atoms with van der Waals surface area (Å²) in [5, 5.41) is 0. The van der Waals surface area contributed by atoms with Crippen LogP contribution in [0.15, 0.2) is 29.0 Å². The van der Waals surface area contributed by atoms with Gasteiger partial charge in [-0.05, 0) is 31.5 Å². The highest BCUT2D eigenvalue weighted by molar-refractivity contribution is 5.75. The SMILES string of the molecule is Cc1cc(C=O)cnc1N(C)Cc1ccoc1C. The highest BCUT2D eigenvalue weighted by Crippen LogP contribution is 2.19. The van der Waals surface area contributed by atoms with Crippen molar-refractivity contribution in [2.24, 2.45) is 0 Å². The van der Waals surface area contributed by atoms with E-state index in [4.69, 9.17) is 4.42 Å². The van der Waals surface area contributed by atoms with Crippen LogP contribution in [0.3, 0.4) is 0 Å². The van der Waals surface area contributed by atoms with Gasteiger partial charge in [0, 0.05) is 30.9 Å². The van der Waals surface area contributed by atoms with Crippen LogP contribution in [0.1, 0.15) is 27.2 Å². The van der Waals surface area contributed by atoms with Gasteiger partial charge < -0.3 is 9.32 Å². The smallest absolute Gasteiger partial charge is 0.151 e. The zero-order valence-electron chi connectivity index (χ0n) is 10.8. The zero-order valence-corrected chi connectivity index (χ0v) is 10.8. The van der Waals surface area contributed by atoms with Crippen LogP contribution in [-0.2, 0) is 6.54 Å². The van der Waals surface area contributed by atoms with Gasteiger partial charge in [0.1, 0.15) is 11.6 Å². The third-order valence-electron chi connectivity index (χ3n) is 2.94. The van der Waals surface area contributed by atoms with Crippen LogP contribution >= 0.6 is 0 Å². The number of aldehydes is 1. The van der Waals surface area contributed by atoms with Gasteiger partial charge in [0.2, 0.25) is 0 Å². The minimum atomic E-state index is 0.601. The summed E-state index contributed by atoms with van der Waals surface area (Å²) in [6.45, 7) is 4.63. The maximum atomic E-state index is 10.7. The molecule has 0 spiro atoms. The fourth-order valence-electron chi connectivity index (χ4n) is 1.96. The summed E-state index contributed by atoms with van der Waals surface area (Å²) in [4.78, 5) is 17.0. The maximum absolute atomic E-state index is 10.7. The molecule has 2 heterocycles. The molecule has 18 heavy (non-hydrogen) atoms. The Bertz CT molecular complexity index is 561. The second kappa shape index (κ2) is 5.04. The van der Waals surface area contributed by atoms with Crippen molar-refractivity contribution in [3.05, 3.63) is 47.0 Å². The van der Waals surface area contributed by atoms with Gasteiger partial charge in [0.15, 0.2) is 6.29 Å². The number of hydrogen-bond donors (Lipinski definition) is 0. The van der Waals surface area contributed by atoms with Crippen LogP contribution in [-0.4, -0.2) is 18.3 Å². The van der Waals surface area contributed by atoms with Crippen LogP contribution in [0.5, 0.6) is 0 Å². The van der Waals surface area contributed by atoms with Crippen molar-refractivity contribution in [2.45, 2.75) is 20.4 Å². The number of furan rings is 1. The first-order chi connectivity index (χ1) is 8.61. The van der Waals surface area contributed by atoms with E-state index in [1.54, 1.807) is 12.5 Å². The fourth-order valence-corrected chi connectivity index (χ4v) is 1.96. The lowest BCUT2D eigenvalue weighted by Crippen LogP contribution is -2.19. The number of aryl methyl sites for hydroxylation is 2. The largest absolute Gasteiger partial charge is 0.469 e. The topological polar surface area (TPSA) is 46.3 Å². The molecule has 4 heteroatoms. The monoisotopic (exact) mass is 244 g/mol.